The molecule has 0 fully saturated rings. The fourth-order valence-corrected chi connectivity index (χ4v) is 1.87. The highest BCUT2D eigenvalue weighted by atomic mass is 32.1. The number of ether oxygens (including phenoxy) is 2. The van der Waals surface area contributed by atoms with Gasteiger partial charge in [-0.2, -0.15) is 25.3 Å². The van der Waals surface area contributed by atoms with Gasteiger partial charge < -0.3 is 9.47 Å². The quantitative estimate of drug-likeness (QED) is 0.244. The van der Waals surface area contributed by atoms with Gasteiger partial charge in [-0.15, -0.1) is 0 Å². The molecule has 0 atom stereocenters. The lowest BCUT2D eigenvalue weighted by atomic mass is 10.1. The summed E-state index contributed by atoms with van der Waals surface area (Å²) in [6.07, 6.45) is 6.26. The van der Waals surface area contributed by atoms with Crippen LogP contribution in [-0.2, 0) is 19.1 Å². The SMILES string of the molecule is CCCCCCCCC(OC(=O)C(C)(C)S)OC(=O)C(C)(C)S. The lowest BCUT2D eigenvalue weighted by Crippen LogP contribution is -2.37. The first-order valence-electron chi connectivity index (χ1n) is 8.35. The highest BCUT2D eigenvalue weighted by molar-refractivity contribution is 7.82. The Morgan fingerprint density at radius 3 is 1.61 bits per heavy atom. The Balaban J connectivity index is 4.50. The van der Waals surface area contributed by atoms with E-state index in [9.17, 15) is 9.59 Å². The van der Waals surface area contributed by atoms with Crippen molar-refractivity contribution in [3.63, 3.8) is 0 Å². The summed E-state index contributed by atoms with van der Waals surface area (Å²) in [6.45, 7) is 8.75. The molecule has 136 valence electrons. The molecule has 0 aliphatic heterocycles. The molecule has 4 nitrogen and oxygen atoms in total. The molecule has 0 saturated heterocycles. The number of carbonyl (C=O) groups is 2. The van der Waals surface area contributed by atoms with Gasteiger partial charge in [0.05, 0.1) is 0 Å². The topological polar surface area (TPSA) is 52.6 Å². The maximum atomic E-state index is 12.0. The lowest BCUT2D eigenvalue weighted by Gasteiger charge is -2.25. The van der Waals surface area contributed by atoms with Gasteiger partial charge in [-0.05, 0) is 34.1 Å². The average molecular weight is 365 g/mol. The Morgan fingerprint density at radius 2 is 1.22 bits per heavy atom. The van der Waals surface area contributed by atoms with Crippen LogP contribution in [0.25, 0.3) is 0 Å². The van der Waals surface area contributed by atoms with Crippen molar-refractivity contribution < 1.29 is 19.1 Å². The van der Waals surface area contributed by atoms with Gasteiger partial charge in [0.15, 0.2) is 0 Å². The van der Waals surface area contributed by atoms with Gasteiger partial charge in [0.2, 0.25) is 6.29 Å². The summed E-state index contributed by atoms with van der Waals surface area (Å²) in [4.78, 5) is 23.9. The number of esters is 2. The third kappa shape index (κ3) is 10.9. The summed E-state index contributed by atoms with van der Waals surface area (Å²) in [5.74, 6) is -0.997. The van der Waals surface area contributed by atoms with E-state index < -0.39 is 27.7 Å². The van der Waals surface area contributed by atoms with Crippen LogP contribution in [0.3, 0.4) is 0 Å². The first-order chi connectivity index (χ1) is 10.5. The largest absolute Gasteiger partial charge is 0.424 e. The molecule has 0 aliphatic carbocycles. The van der Waals surface area contributed by atoms with Crippen LogP contribution in [0.1, 0.15) is 79.6 Å². The van der Waals surface area contributed by atoms with E-state index in [0.29, 0.717) is 6.42 Å². The molecule has 0 aromatic heterocycles. The van der Waals surface area contributed by atoms with E-state index in [1.54, 1.807) is 27.7 Å². The molecule has 0 aromatic carbocycles. The van der Waals surface area contributed by atoms with Crippen LogP contribution in [0.2, 0.25) is 0 Å². The molecule has 6 heteroatoms. The normalized spacial score (nSPS) is 12.3. The van der Waals surface area contributed by atoms with Gasteiger partial charge in [-0.3, -0.25) is 9.59 Å². The van der Waals surface area contributed by atoms with Crippen LogP contribution in [0, 0.1) is 0 Å². The minimum absolute atomic E-state index is 0.497. The molecule has 0 N–H and O–H groups in total. The van der Waals surface area contributed by atoms with Crippen molar-refractivity contribution >= 4 is 37.2 Å². The standard InChI is InChI=1S/C17H32O4S2/c1-6-7-8-9-10-11-12-13(20-14(18)16(2,3)22)21-15(19)17(4,5)23/h13,22-23H,6-12H2,1-5H3. The second kappa shape index (κ2) is 10.5. The van der Waals surface area contributed by atoms with Gasteiger partial charge in [-0.25, -0.2) is 0 Å². The van der Waals surface area contributed by atoms with Crippen LogP contribution >= 0.6 is 25.3 Å². The fraction of sp³-hybridized carbons (Fsp3) is 0.882. The second-order valence-corrected chi connectivity index (χ2v) is 9.15. The zero-order valence-corrected chi connectivity index (χ0v) is 16.8. The van der Waals surface area contributed by atoms with Crippen molar-refractivity contribution in [1.29, 1.82) is 0 Å². The fourth-order valence-electron chi connectivity index (χ4n) is 1.76. The van der Waals surface area contributed by atoms with Crippen molar-refractivity contribution in [2.24, 2.45) is 0 Å². The number of thiol groups is 2. The Kier molecular flexibility index (Phi) is 10.3. The molecule has 0 aromatic rings. The van der Waals surface area contributed by atoms with Gasteiger partial charge in [0.1, 0.15) is 9.49 Å². The first kappa shape index (κ1) is 22.6. The zero-order valence-electron chi connectivity index (χ0n) is 15.1. The number of hydrogen-bond donors (Lipinski definition) is 2. The number of carbonyl (C=O) groups excluding carboxylic acids is 2. The van der Waals surface area contributed by atoms with E-state index in [2.05, 4.69) is 32.2 Å². The molecular formula is C17H32O4S2. The van der Waals surface area contributed by atoms with E-state index in [0.717, 1.165) is 19.3 Å². The summed E-state index contributed by atoms with van der Waals surface area (Å²) >= 11 is 8.38. The maximum Gasteiger partial charge on any atom is 0.324 e. The Morgan fingerprint density at radius 1 is 0.826 bits per heavy atom. The van der Waals surface area contributed by atoms with Crippen LogP contribution < -0.4 is 0 Å². The Hall–Kier alpha value is -0.360. The van der Waals surface area contributed by atoms with E-state index in [-0.39, 0.29) is 0 Å². The van der Waals surface area contributed by atoms with Gasteiger partial charge >= 0.3 is 11.9 Å². The smallest absolute Gasteiger partial charge is 0.324 e. The molecule has 0 aliphatic rings. The van der Waals surface area contributed by atoms with Crippen molar-refractivity contribution in [1.82, 2.24) is 0 Å². The van der Waals surface area contributed by atoms with Gasteiger partial charge in [-0.1, -0.05) is 39.0 Å². The van der Waals surface area contributed by atoms with E-state index in [1.807, 2.05) is 0 Å². The minimum Gasteiger partial charge on any atom is -0.424 e. The Labute approximate surface area is 151 Å². The molecule has 0 amide bonds. The third-order valence-corrected chi connectivity index (χ3v) is 3.63. The molecule has 0 unspecified atom stereocenters. The molecule has 0 saturated carbocycles. The lowest BCUT2D eigenvalue weighted by molar-refractivity contribution is -0.191. The Bertz CT molecular complexity index is 342. The minimum atomic E-state index is -0.928. The molecule has 0 rings (SSSR count). The second-order valence-electron chi connectivity index (χ2n) is 6.91. The number of hydrogen-bond acceptors (Lipinski definition) is 6. The maximum absolute atomic E-state index is 12.0. The highest BCUT2D eigenvalue weighted by Gasteiger charge is 2.32. The van der Waals surface area contributed by atoms with Crippen LogP contribution in [0.4, 0.5) is 0 Å². The van der Waals surface area contributed by atoms with Crippen LogP contribution in [0.5, 0.6) is 0 Å². The summed E-state index contributed by atoms with van der Waals surface area (Å²) in [5.41, 5.74) is 0. The summed E-state index contributed by atoms with van der Waals surface area (Å²) in [6, 6.07) is 0. The van der Waals surface area contributed by atoms with E-state index in [1.165, 1.54) is 19.3 Å². The van der Waals surface area contributed by atoms with Crippen molar-refractivity contribution in [2.75, 3.05) is 0 Å². The monoisotopic (exact) mass is 364 g/mol. The molecule has 0 spiro atoms. The predicted octanol–water partition coefficient (Wildman–Crippen LogP) is 4.57. The predicted molar refractivity (Wildman–Crippen MR) is 100 cm³/mol. The van der Waals surface area contributed by atoms with Gasteiger partial charge in [0, 0.05) is 6.42 Å². The molecule has 0 heterocycles. The van der Waals surface area contributed by atoms with Crippen LogP contribution in [-0.4, -0.2) is 27.7 Å². The molecule has 0 radical (unpaired) electrons. The molecular weight excluding hydrogens is 332 g/mol. The number of unbranched alkanes of at least 4 members (excludes halogenated alkanes) is 5. The van der Waals surface area contributed by atoms with E-state index >= 15 is 0 Å². The summed E-state index contributed by atoms with van der Waals surface area (Å²) in [7, 11) is 0. The first-order valence-corrected chi connectivity index (χ1v) is 9.24. The molecule has 23 heavy (non-hydrogen) atoms. The van der Waals surface area contributed by atoms with Gasteiger partial charge in [0.25, 0.3) is 0 Å². The highest BCUT2D eigenvalue weighted by Crippen LogP contribution is 2.21. The average Bonchev–Trinajstić information content (AvgIpc) is 2.40. The zero-order chi connectivity index (χ0) is 18.1. The van der Waals surface area contributed by atoms with Crippen LogP contribution in [0.15, 0.2) is 0 Å². The third-order valence-electron chi connectivity index (χ3n) is 3.27. The summed E-state index contributed by atoms with van der Waals surface area (Å²) < 4.78 is 8.78. The number of rotatable bonds is 11. The summed E-state index contributed by atoms with van der Waals surface area (Å²) in [5, 5.41) is 0. The van der Waals surface area contributed by atoms with E-state index in [4.69, 9.17) is 9.47 Å². The van der Waals surface area contributed by atoms with Crippen molar-refractivity contribution in [3.8, 4) is 0 Å². The molecule has 0 bridgehead atoms. The van der Waals surface area contributed by atoms with Crippen molar-refractivity contribution in [2.45, 2.75) is 95.3 Å². The van der Waals surface area contributed by atoms with Crippen molar-refractivity contribution in [3.05, 3.63) is 0 Å².